The van der Waals surface area contributed by atoms with Gasteiger partial charge in [-0.25, -0.2) is 0 Å². The summed E-state index contributed by atoms with van der Waals surface area (Å²) in [5.41, 5.74) is 2.42. The van der Waals surface area contributed by atoms with E-state index >= 15 is 0 Å². The van der Waals surface area contributed by atoms with Crippen LogP contribution in [0.3, 0.4) is 0 Å². The highest BCUT2D eigenvalue weighted by atomic mass is 16.5. The Hall–Kier alpha value is -3.93. The number of nitrogens with zero attached hydrogens (tertiary/aromatic N) is 3. The first-order valence-electron chi connectivity index (χ1n) is 9.15. The topological polar surface area (TPSA) is 68.5 Å². The van der Waals surface area contributed by atoms with Gasteiger partial charge in [-0.05, 0) is 30.3 Å². The number of amides is 1. The van der Waals surface area contributed by atoms with Crippen LogP contribution >= 0.6 is 0 Å². The van der Waals surface area contributed by atoms with E-state index in [1.807, 2.05) is 72.8 Å². The molecule has 0 bridgehead atoms. The maximum atomic E-state index is 12.4. The standard InChI is InChI=1S/C23H19N3O3/c1-26(19-12-6-3-7-13-19)21(27)16-28-20-14-8-11-18(15-20)23-24-22(25-29-23)17-9-4-2-5-10-17/h2-15H,16H2,1H3. The van der Waals surface area contributed by atoms with Crippen LogP contribution in [0.25, 0.3) is 22.8 Å². The summed E-state index contributed by atoms with van der Waals surface area (Å²) >= 11 is 0. The SMILES string of the molecule is CN(C(=O)COc1cccc(-c2nc(-c3ccccc3)no2)c1)c1ccccc1. The Bertz CT molecular complexity index is 1090. The van der Waals surface area contributed by atoms with Gasteiger partial charge < -0.3 is 14.2 Å². The van der Waals surface area contributed by atoms with E-state index in [1.54, 1.807) is 24.1 Å². The van der Waals surface area contributed by atoms with Crippen LogP contribution in [0.4, 0.5) is 5.69 Å². The van der Waals surface area contributed by atoms with E-state index in [9.17, 15) is 4.79 Å². The molecule has 0 saturated carbocycles. The van der Waals surface area contributed by atoms with Crippen LogP contribution in [0.5, 0.6) is 5.75 Å². The van der Waals surface area contributed by atoms with E-state index in [0.717, 1.165) is 16.8 Å². The van der Waals surface area contributed by atoms with Crippen molar-refractivity contribution in [3.63, 3.8) is 0 Å². The molecule has 0 atom stereocenters. The van der Waals surface area contributed by atoms with Crippen molar-refractivity contribution in [2.75, 3.05) is 18.6 Å². The number of aromatic nitrogens is 2. The summed E-state index contributed by atoms with van der Waals surface area (Å²) in [5.74, 6) is 1.32. The quantitative estimate of drug-likeness (QED) is 0.491. The average molecular weight is 385 g/mol. The smallest absolute Gasteiger partial charge is 0.264 e. The van der Waals surface area contributed by atoms with Crippen molar-refractivity contribution < 1.29 is 14.1 Å². The van der Waals surface area contributed by atoms with Gasteiger partial charge in [0.2, 0.25) is 5.82 Å². The number of carbonyl (C=O) groups excluding carboxylic acids is 1. The lowest BCUT2D eigenvalue weighted by molar-refractivity contribution is -0.120. The zero-order valence-electron chi connectivity index (χ0n) is 15.9. The van der Waals surface area contributed by atoms with Crippen LogP contribution in [0.1, 0.15) is 0 Å². The van der Waals surface area contributed by atoms with Gasteiger partial charge in [0.15, 0.2) is 6.61 Å². The first-order valence-corrected chi connectivity index (χ1v) is 9.15. The fourth-order valence-electron chi connectivity index (χ4n) is 2.80. The predicted molar refractivity (Wildman–Crippen MR) is 111 cm³/mol. The predicted octanol–water partition coefficient (Wildman–Crippen LogP) is 4.45. The highest BCUT2D eigenvalue weighted by molar-refractivity contribution is 5.93. The van der Waals surface area contributed by atoms with Crippen LogP contribution in [-0.2, 0) is 4.79 Å². The Morgan fingerprint density at radius 2 is 1.62 bits per heavy atom. The number of hydrogen-bond acceptors (Lipinski definition) is 5. The summed E-state index contributed by atoms with van der Waals surface area (Å²) in [5, 5.41) is 4.04. The van der Waals surface area contributed by atoms with Crippen LogP contribution in [0.15, 0.2) is 89.5 Å². The zero-order valence-corrected chi connectivity index (χ0v) is 15.9. The summed E-state index contributed by atoms with van der Waals surface area (Å²) in [6.07, 6.45) is 0. The average Bonchev–Trinajstić information content (AvgIpc) is 3.29. The van der Waals surface area contributed by atoms with Gasteiger partial charge in [-0.3, -0.25) is 4.79 Å². The van der Waals surface area contributed by atoms with Crippen LogP contribution in [0.2, 0.25) is 0 Å². The van der Waals surface area contributed by atoms with Crippen molar-refractivity contribution in [1.82, 2.24) is 10.1 Å². The number of para-hydroxylation sites is 1. The minimum absolute atomic E-state index is 0.0755. The summed E-state index contributed by atoms with van der Waals surface area (Å²) < 4.78 is 11.1. The molecule has 6 nitrogen and oxygen atoms in total. The highest BCUT2D eigenvalue weighted by Crippen LogP contribution is 2.25. The summed E-state index contributed by atoms with van der Waals surface area (Å²) in [4.78, 5) is 18.4. The second-order valence-electron chi connectivity index (χ2n) is 6.39. The molecule has 1 amide bonds. The van der Waals surface area contributed by atoms with Gasteiger partial charge in [-0.15, -0.1) is 0 Å². The fourth-order valence-corrected chi connectivity index (χ4v) is 2.80. The molecule has 0 N–H and O–H groups in total. The molecule has 0 aliphatic carbocycles. The summed E-state index contributed by atoms with van der Waals surface area (Å²) in [6, 6.07) is 26.3. The van der Waals surface area contributed by atoms with E-state index in [1.165, 1.54) is 0 Å². The number of ether oxygens (including phenoxy) is 1. The number of benzene rings is 3. The van der Waals surface area contributed by atoms with E-state index < -0.39 is 0 Å². The molecule has 3 aromatic carbocycles. The second-order valence-corrected chi connectivity index (χ2v) is 6.39. The van der Waals surface area contributed by atoms with E-state index in [4.69, 9.17) is 9.26 Å². The van der Waals surface area contributed by atoms with Gasteiger partial charge in [0.1, 0.15) is 5.75 Å². The number of carbonyl (C=O) groups is 1. The molecule has 144 valence electrons. The third-order valence-electron chi connectivity index (χ3n) is 4.42. The molecule has 29 heavy (non-hydrogen) atoms. The Balaban J connectivity index is 1.44. The van der Waals surface area contributed by atoms with Crippen LogP contribution in [0, 0.1) is 0 Å². The zero-order chi connectivity index (χ0) is 20.1. The minimum Gasteiger partial charge on any atom is -0.484 e. The van der Waals surface area contributed by atoms with Crippen LogP contribution < -0.4 is 9.64 Å². The van der Waals surface area contributed by atoms with Gasteiger partial charge in [-0.2, -0.15) is 4.98 Å². The molecular weight excluding hydrogens is 366 g/mol. The lowest BCUT2D eigenvalue weighted by Gasteiger charge is -2.17. The summed E-state index contributed by atoms with van der Waals surface area (Å²) in [6.45, 7) is -0.0755. The largest absolute Gasteiger partial charge is 0.484 e. The van der Waals surface area contributed by atoms with E-state index in [-0.39, 0.29) is 12.5 Å². The second kappa shape index (κ2) is 8.39. The molecule has 1 heterocycles. The Kier molecular flexibility index (Phi) is 5.33. The Labute approximate surface area is 168 Å². The molecule has 4 aromatic rings. The molecular formula is C23H19N3O3. The normalized spacial score (nSPS) is 10.5. The molecule has 0 spiro atoms. The molecule has 0 unspecified atom stereocenters. The van der Waals surface area contributed by atoms with Gasteiger partial charge >= 0.3 is 0 Å². The Morgan fingerprint density at radius 3 is 2.38 bits per heavy atom. The number of rotatable bonds is 6. The molecule has 0 saturated heterocycles. The van der Waals surface area contributed by atoms with Crippen molar-refractivity contribution in [1.29, 1.82) is 0 Å². The molecule has 0 aliphatic rings. The number of anilines is 1. The lowest BCUT2D eigenvalue weighted by Crippen LogP contribution is -2.31. The summed E-state index contributed by atoms with van der Waals surface area (Å²) in [7, 11) is 1.72. The van der Waals surface area contributed by atoms with E-state index in [0.29, 0.717) is 17.5 Å². The van der Waals surface area contributed by atoms with Gasteiger partial charge in [0, 0.05) is 23.9 Å². The van der Waals surface area contributed by atoms with Crippen molar-refractivity contribution in [3.05, 3.63) is 84.9 Å². The van der Waals surface area contributed by atoms with Crippen molar-refractivity contribution >= 4 is 11.6 Å². The molecule has 1 aromatic heterocycles. The van der Waals surface area contributed by atoms with E-state index in [2.05, 4.69) is 10.1 Å². The van der Waals surface area contributed by atoms with Crippen LogP contribution in [-0.4, -0.2) is 29.7 Å². The van der Waals surface area contributed by atoms with Crippen molar-refractivity contribution in [2.24, 2.45) is 0 Å². The number of likely N-dealkylation sites (N-methyl/N-ethyl adjacent to an activating group) is 1. The van der Waals surface area contributed by atoms with Crippen molar-refractivity contribution in [3.8, 4) is 28.6 Å². The maximum Gasteiger partial charge on any atom is 0.264 e. The molecule has 6 heteroatoms. The molecule has 0 radical (unpaired) electrons. The molecule has 0 aliphatic heterocycles. The van der Waals surface area contributed by atoms with Crippen molar-refractivity contribution in [2.45, 2.75) is 0 Å². The minimum atomic E-state index is -0.147. The highest BCUT2D eigenvalue weighted by Gasteiger charge is 2.13. The monoisotopic (exact) mass is 385 g/mol. The molecule has 0 fully saturated rings. The van der Waals surface area contributed by atoms with Gasteiger partial charge in [-0.1, -0.05) is 59.8 Å². The third-order valence-corrected chi connectivity index (χ3v) is 4.42. The first-order chi connectivity index (χ1) is 14.2. The Morgan fingerprint density at radius 1 is 0.931 bits per heavy atom. The third kappa shape index (κ3) is 4.32. The fraction of sp³-hybridized carbons (Fsp3) is 0.0870. The lowest BCUT2D eigenvalue weighted by atomic mass is 10.2. The maximum absolute atomic E-state index is 12.4. The first kappa shape index (κ1) is 18.4. The van der Waals surface area contributed by atoms with Gasteiger partial charge in [0.25, 0.3) is 11.8 Å². The van der Waals surface area contributed by atoms with Gasteiger partial charge in [0.05, 0.1) is 0 Å². The number of hydrogen-bond donors (Lipinski definition) is 0. The molecule has 4 rings (SSSR count).